The summed E-state index contributed by atoms with van der Waals surface area (Å²) in [6.45, 7) is 0. The normalized spacial score (nSPS) is 11.7. The van der Waals surface area contributed by atoms with Crippen molar-refractivity contribution in [2.75, 3.05) is 0 Å². The number of hydrogen-bond acceptors (Lipinski definition) is 4. The first-order valence-electron chi connectivity index (χ1n) is 23.7. The Morgan fingerprint density at radius 2 is 0.871 bits per heavy atom. The highest BCUT2D eigenvalue weighted by Gasteiger charge is 2.23. The van der Waals surface area contributed by atoms with Crippen molar-refractivity contribution in [3.63, 3.8) is 0 Å². The van der Waals surface area contributed by atoms with E-state index in [0.29, 0.717) is 17.5 Å². The number of hydrogen-bond donors (Lipinski definition) is 0. The fourth-order valence-corrected chi connectivity index (χ4v) is 10.5. The van der Waals surface area contributed by atoms with E-state index in [4.69, 9.17) is 19.4 Å². The van der Waals surface area contributed by atoms with Gasteiger partial charge in [0.1, 0.15) is 11.2 Å². The van der Waals surface area contributed by atoms with Crippen LogP contribution in [0.3, 0.4) is 0 Å². The molecule has 14 rings (SSSR count). The number of furan rings is 1. The van der Waals surface area contributed by atoms with Crippen molar-refractivity contribution < 1.29 is 4.42 Å². The molecule has 0 aliphatic carbocycles. The second-order valence-corrected chi connectivity index (χ2v) is 17.9. The third-order valence-corrected chi connectivity index (χ3v) is 13.8. The Balaban J connectivity index is 1.02. The lowest BCUT2D eigenvalue weighted by Crippen LogP contribution is -2.02. The first-order chi connectivity index (χ1) is 34.7. The molecule has 70 heavy (non-hydrogen) atoms. The van der Waals surface area contributed by atoms with Gasteiger partial charge in [-0.1, -0.05) is 188 Å². The van der Waals surface area contributed by atoms with E-state index in [1.54, 1.807) is 0 Å². The van der Waals surface area contributed by atoms with Gasteiger partial charge in [0, 0.05) is 43.9 Å². The van der Waals surface area contributed by atoms with Crippen LogP contribution in [0.15, 0.2) is 247 Å². The smallest absolute Gasteiger partial charge is 0.164 e. The molecule has 0 atom stereocenters. The molecular formula is C65H40N4O. The monoisotopic (exact) mass is 892 g/mol. The van der Waals surface area contributed by atoms with Gasteiger partial charge in [0.15, 0.2) is 17.5 Å². The van der Waals surface area contributed by atoms with E-state index in [1.165, 1.54) is 32.7 Å². The van der Waals surface area contributed by atoms with Gasteiger partial charge in [-0.3, -0.25) is 0 Å². The average molecular weight is 893 g/mol. The third kappa shape index (κ3) is 6.59. The van der Waals surface area contributed by atoms with Gasteiger partial charge in [-0.15, -0.1) is 0 Å². The molecule has 0 saturated heterocycles. The van der Waals surface area contributed by atoms with E-state index < -0.39 is 0 Å². The van der Waals surface area contributed by atoms with Crippen LogP contribution in [0, 0.1) is 0 Å². The number of aromatic nitrogens is 4. The summed E-state index contributed by atoms with van der Waals surface area (Å²) in [4.78, 5) is 16.0. The SMILES string of the molecule is c1ccc(-c2ccc(-c3cccc(-c4nc(-c5ccccc5)nc(-c5ccc(-n6c7ccccc7c7cc8ccccc8cc76)cc5-c5cccc6oc7ccc8ccccc8c7c56)n4)c3)cc2)cc1. The largest absolute Gasteiger partial charge is 0.456 e. The van der Waals surface area contributed by atoms with Crippen molar-refractivity contribution in [2.45, 2.75) is 0 Å². The number of benzene rings is 11. The molecule has 11 aromatic carbocycles. The fraction of sp³-hybridized carbons (Fsp3) is 0. The highest BCUT2D eigenvalue weighted by molar-refractivity contribution is 6.23. The molecule has 14 aromatic rings. The fourth-order valence-electron chi connectivity index (χ4n) is 10.5. The van der Waals surface area contributed by atoms with E-state index in [1.807, 2.05) is 24.3 Å². The molecule has 0 spiro atoms. The molecule has 0 N–H and O–H groups in total. The lowest BCUT2D eigenvalue weighted by atomic mass is 9.93. The summed E-state index contributed by atoms with van der Waals surface area (Å²) in [6, 6.07) is 85.8. The maximum absolute atomic E-state index is 6.71. The van der Waals surface area contributed by atoms with Crippen LogP contribution in [-0.4, -0.2) is 19.5 Å². The van der Waals surface area contributed by atoms with Gasteiger partial charge < -0.3 is 8.98 Å². The lowest BCUT2D eigenvalue weighted by molar-refractivity contribution is 0.669. The molecule has 0 fully saturated rings. The first-order valence-corrected chi connectivity index (χ1v) is 23.7. The lowest BCUT2D eigenvalue weighted by Gasteiger charge is -2.16. The summed E-state index contributed by atoms with van der Waals surface area (Å²) in [6.07, 6.45) is 0. The minimum absolute atomic E-state index is 0.575. The van der Waals surface area contributed by atoms with Gasteiger partial charge in [0.2, 0.25) is 0 Å². The molecule has 0 aliphatic rings. The van der Waals surface area contributed by atoms with Gasteiger partial charge in [0.05, 0.1) is 11.0 Å². The van der Waals surface area contributed by atoms with Crippen LogP contribution in [0.2, 0.25) is 0 Å². The van der Waals surface area contributed by atoms with Crippen LogP contribution in [0.4, 0.5) is 0 Å². The van der Waals surface area contributed by atoms with Gasteiger partial charge in [-0.25, -0.2) is 15.0 Å². The van der Waals surface area contributed by atoms with Crippen LogP contribution in [0.1, 0.15) is 0 Å². The van der Waals surface area contributed by atoms with Crippen molar-refractivity contribution in [1.82, 2.24) is 19.5 Å². The molecule has 0 amide bonds. The maximum Gasteiger partial charge on any atom is 0.164 e. The van der Waals surface area contributed by atoms with E-state index in [-0.39, 0.29) is 0 Å². The molecule has 5 heteroatoms. The van der Waals surface area contributed by atoms with E-state index in [2.05, 4.69) is 223 Å². The number of nitrogens with zero attached hydrogens (tertiary/aromatic N) is 4. The second kappa shape index (κ2) is 16.1. The summed E-state index contributed by atoms with van der Waals surface area (Å²) in [7, 11) is 0. The Bertz CT molecular complexity index is 4340. The zero-order valence-electron chi connectivity index (χ0n) is 37.8. The van der Waals surface area contributed by atoms with Crippen LogP contribution in [0.25, 0.3) is 139 Å². The Labute approximate surface area is 403 Å². The summed E-state index contributed by atoms with van der Waals surface area (Å²) < 4.78 is 9.11. The predicted molar refractivity (Wildman–Crippen MR) is 289 cm³/mol. The molecule has 0 unspecified atom stereocenters. The van der Waals surface area contributed by atoms with Crippen molar-refractivity contribution in [3.8, 4) is 73.2 Å². The van der Waals surface area contributed by atoms with Crippen LogP contribution >= 0.6 is 0 Å². The van der Waals surface area contributed by atoms with Crippen LogP contribution < -0.4 is 0 Å². The molecule has 3 aromatic heterocycles. The highest BCUT2D eigenvalue weighted by Crippen LogP contribution is 2.45. The Kier molecular flexibility index (Phi) is 9.14. The maximum atomic E-state index is 6.71. The zero-order valence-corrected chi connectivity index (χ0v) is 37.8. The van der Waals surface area contributed by atoms with Gasteiger partial charge in [0.25, 0.3) is 0 Å². The summed E-state index contributed by atoms with van der Waals surface area (Å²) in [5, 5.41) is 9.24. The van der Waals surface area contributed by atoms with Crippen molar-refractivity contribution >= 4 is 65.3 Å². The average Bonchev–Trinajstić information content (AvgIpc) is 3.99. The molecule has 5 nitrogen and oxygen atoms in total. The molecule has 0 aliphatic heterocycles. The Hall–Kier alpha value is -9.45. The van der Waals surface area contributed by atoms with Crippen molar-refractivity contribution in [2.24, 2.45) is 0 Å². The van der Waals surface area contributed by atoms with Gasteiger partial charge in [-0.2, -0.15) is 0 Å². The zero-order chi connectivity index (χ0) is 46.1. The quantitative estimate of drug-likeness (QED) is 0.160. The molecule has 0 saturated carbocycles. The van der Waals surface area contributed by atoms with E-state index >= 15 is 0 Å². The standard InChI is InChI=1S/C65H40N4O/c1-3-15-41(16-4-1)42-29-31-43(32-30-42)46-22-13-23-49(37-46)64-66-63(45-18-5-2-6-19-45)67-65(68-64)54-35-34-50(69-57-27-12-11-25-52(57)56-38-47-20-7-8-21-48(47)39-58(56)69)40-55(54)53-26-14-28-59-62(53)61-51-24-10-9-17-44(51)33-36-60(61)70-59/h1-40H. The minimum Gasteiger partial charge on any atom is -0.456 e. The summed E-state index contributed by atoms with van der Waals surface area (Å²) in [5.74, 6) is 1.76. The molecular weight excluding hydrogens is 853 g/mol. The highest BCUT2D eigenvalue weighted by atomic mass is 16.3. The van der Waals surface area contributed by atoms with Crippen LogP contribution in [-0.2, 0) is 0 Å². The van der Waals surface area contributed by atoms with Crippen molar-refractivity contribution in [1.29, 1.82) is 0 Å². The summed E-state index contributed by atoms with van der Waals surface area (Å²) in [5.41, 5.74) is 14.2. The third-order valence-electron chi connectivity index (χ3n) is 13.8. The first kappa shape index (κ1) is 39.7. The number of para-hydroxylation sites is 1. The van der Waals surface area contributed by atoms with E-state index in [0.717, 1.165) is 88.4 Å². The predicted octanol–water partition coefficient (Wildman–Crippen LogP) is 17.2. The number of fused-ring (bicyclic) bond motifs is 9. The Morgan fingerprint density at radius 1 is 0.286 bits per heavy atom. The molecule has 0 bridgehead atoms. The molecule has 3 heterocycles. The second-order valence-electron chi connectivity index (χ2n) is 17.9. The molecule has 326 valence electrons. The summed E-state index contributed by atoms with van der Waals surface area (Å²) >= 11 is 0. The van der Waals surface area contributed by atoms with Crippen LogP contribution in [0.5, 0.6) is 0 Å². The minimum atomic E-state index is 0.575. The topological polar surface area (TPSA) is 56.7 Å². The van der Waals surface area contributed by atoms with Gasteiger partial charge >= 0.3 is 0 Å². The molecule has 0 radical (unpaired) electrons. The number of rotatable bonds is 7. The van der Waals surface area contributed by atoms with E-state index in [9.17, 15) is 0 Å². The Morgan fingerprint density at radius 3 is 1.67 bits per heavy atom. The van der Waals surface area contributed by atoms with Crippen molar-refractivity contribution in [3.05, 3.63) is 243 Å². The van der Waals surface area contributed by atoms with Gasteiger partial charge in [-0.05, 0) is 110 Å².